The van der Waals surface area contributed by atoms with Gasteiger partial charge in [0.15, 0.2) is 0 Å². The van der Waals surface area contributed by atoms with Crippen LogP contribution in [0.25, 0.3) is 0 Å². The molecule has 2 amide bonds. The lowest BCUT2D eigenvalue weighted by Gasteiger charge is -2.37. The van der Waals surface area contributed by atoms with Crippen molar-refractivity contribution >= 4 is 11.8 Å². The fourth-order valence-electron chi connectivity index (χ4n) is 3.46. The number of hydrogen-bond donors (Lipinski definition) is 0. The maximum absolute atomic E-state index is 12.8. The number of nitrogens with zero attached hydrogens (tertiary/aromatic N) is 4. The van der Waals surface area contributed by atoms with Crippen LogP contribution >= 0.6 is 0 Å². The lowest BCUT2D eigenvalue weighted by molar-refractivity contribution is -0.142. The quantitative estimate of drug-likeness (QED) is 0.829. The Bertz CT molecular complexity index is 572. The first-order valence-electron chi connectivity index (χ1n) is 8.62. The van der Waals surface area contributed by atoms with E-state index in [2.05, 4.69) is 10.2 Å². The molecule has 0 unspecified atom stereocenters. The molecular formula is C17H24N4O3. The molecule has 2 aliphatic heterocycles. The van der Waals surface area contributed by atoms with Gasteiger partial charge in [-0.15, -0.1) is 5.10 Å². The zero-order valence-corrected chi connectivity index (χ0v) is 14.1. The van der Waals surface area contributed by atoms with Gasteiger partial charge in [-0.05, 0) is 31.7 Å². The Morgan fingerprint density at radius 3 is 2.62 bits per heavy atom. The minimum atomic E-state index is -0.0308. The molecule has 1 atom stereocenters. The summed E-state index contributed by atoms with van der Waals surface area (Å²) in [5.74, 6) is 0.824. The van der Waals surface area contributed by atoms with Crippen LogP contribution in [-0.4, -0.2) is 64.1 Å². The second-order valence-electron chi connectivity index (χ2n) is 6.51. The van der Waals surface area contributed by atoms with Crippen molar-refractivity contribution in [2.45, 2.75) is 38.7 Å². The van der Waals surface area contributed by atoms with Gasteiger partial charge < -0.3 is 14.5 Å². The number of aromatic nitrogens is 2. The molecule has 1 aromatic heterocycles. The van der Waals surface area contributed by atoms with E-state index in [1.165, 1.54) is 0 Å². The van der Waals surface area contributed by atoms with Crippen LogP contribution < -0.4 is 4.74 Å². The first-order chi connectivity index (χ1) is 11.6. The third-order valence-electron chi connectivity index (χ3n) is 4.81. The zero-order chi connectivity index (χ0) is 16.9. The van der Waals surface area contributed by atoms with E-state index in [1.54, 1.807) is 25.3 Å². The lowest BCUT2D eigenvalue weighted by atomic mass is 9.94. The van der Waals surface area contributed by atoms with E-state index in [0.29, 0.717) is 25.5 Å². The van der Waals surface area contributed by atoms with E-state index in [1.807, 2.05) is 9.80 Å². The Labute approximate surface area is 142 Å². The summed E-state index contributed by atoms with van der Waals surface area (Å²) in [6.07, 6.45) is 4.94. The number of likely N-dealkylation sites (tertiary alicyclic amines) is 2. The van der Waals surface area contributed by atoms with Gasteiger partial charge in [-0.2, -0.15) is 5.10 Å². The molecule has 0 radical (unpaired) electrons. The van der Waals surface area contributed by atoms with Crippen molar-refractivity contribution in [3.05, 3.63) is 18.3 Å². The minimum absolute atomic E-state index is 0.0240. The first kappa shape index (κ1) is 16.7. The highest BCUT2D eigenvalue weighted by atomic mass is 16.5. The van der Waals surface area contributed by atoms with Crippen molar-refractivity contribution < 1.29 is 14.3 Å². The summed E-state index contributed by atoms with van der Waals surface area (Å²) in [6.45, 7) is 4.33. The zero-order valence-electron chi connectivity index (χ0n) is 14.1. The maximum Gasteiger partial charge on any atom is 0.233 e. The molecular weight excluding hydrogens is 308 g/mol. The predicted octanol–water partition coefficient (Wildman–Crippen LogP) is 1.10. The molecule has 2 saturated heterocycles. The van der Waals surface area contributed by atoms with Gasteiger partial charge in [0, 0.05) is 44.7 Å². The molecule has 130 valence electrons. The fourth-order valence-corrected chi connectivity index (χ4v) is 3.46. The molecule has 3 heterocycles. The van der Waals surface area contributed by atoms with Crippen molar-refractivity contribution in [3.8, 4) is 5.88 Å². The summed E-state index contributed by atoms with van der Waals surface area (Å²) in [7, 11) is 0. The molecule has 24 heavy (non-hydrogen) atoms. The highest BCUT2D eigenvalue weighted by Gasteiger charge is 2.32. The van der Waals surface area contributed by atoms with Crippen LogP contribution in [0.1, 0.15) is 32.6 Å². The van der Waals surface area contributed by atoms with E-state index >= 15 is 0 Å². The monoisotopic (exact) mass is 332 g/mol. The number of ether oxygens (including phenoxy) is 1. The molecule has 0 N–H and O–H groups in total. The van der Waals surface area contributed by atoms with Crippen LogP contribution in [0.3, 0.4) is 0 Å². The van der Waals surface area contributed by atoms with E-state index in [4.69, 9.17) is 4.74 Å². The average Bonchev–Trinajstić information content (AvgIpc) is 2.62. The number of amides is 2. The molecule has 7 nitrogen and oxygen atoms in total. The second kappa shape index (κ2) is 7.59. The first-order valence-corrected chi connectivity index (χ1v) is 8.62. The van der Waals surface area contributed by atoms with Crippen LogP contribution in [0, 0.1) is 5.92 Å². The Kier molecular flexibility index (Phi) is 5.27. The van der Waals surface area contributed by atoms with Crippen molar-refractivity contribution in [2.75, 3.05) is 26.2 Å². The summed E-state index contributed by atoms with van der Waals surface area (Å²) in [4.78, 5) is 27.9. The van der Waals surface area contributed by atoms with Gasteiger partial charge >= 0.3 is 0 Å². The van der Waals surface area contributed by atoms with Gasteiger partial charge in [0.2, 0.25) is 17.7 Å². The van der Waals surface area contributed by atoms with Crippen molar-refractivity contribution in [1.29, 1.82) is 0 Å². The summed E-state index contributed by atoms with van der Waals surface area (Å²) < 4.78 is 5.85. The van der Waals surface area contributed by atoms with Gasteiger partial charge in [0.1, 0.15) is 6.10 Å². The summed E-state index contributed by atoms with van der Waals surface area (Å²) in [5, 5.41) is 7.76. The van der Waals surface area contributed by atoms with Crippen LogP contribution in [-0.2, 0) is 9.59 Å². The molecule has 7 heteroatoms. The third kappa shape index (κ3) is 4.01. The normalized spacial score (nSPS) is 22.3. The molecule has 0 saturated carbocycles. The Morgan fingerprint density at radius 1 is 1.17 bits per heavy atom. The number of hydrogen-bond acceptors (Lipinski definition) is 5. The Balaban J connectivity index is 1.53. The average molecular weight is 332 g/mol. The topological polar surface area (TPSA) is 75.6 Å². The van der Waals surface area contributed by atoms with Crippen molar-refractivity contribution in [1.82, 2.24) is 20.0 Å². The Hall–Kier alpha value is -2.18. The summed E-state index contributed by atoms with van der Waals surface area (Å²) >= 11 is 0. The van der Waals surface area contributed by atoms with Crippen molar-refractivity contribution in [2.24, 2.45) is 5.92 Å². The molecule has 3 rings (SSSR count). The molecule has 0 spiro atoms. The fraction of sp³-hybridized carbons (Fsp3) is 0.647. The molecule has 2 aliphatic rings. The third-order valence-corrected chi connectivity index (χ3v) is 4.81. The van der Waals surface area contributed by atoms with Gasteiger partial charge in [-0.1, -0.05) is 0 Å². The van der Waals surface area contributed by atoms with Crippen LogP contribution in [0.2, 0.25) is 0 Å². The van der Waals surface area contributed by atoms with Gasteiger partial charge in [0.05, 0.1) is 6.54 Å². The van der Waals surface area contributed by atoms with E-state index in [-0.39, 0.29) is 23.8 Å². The largest absolute Gasteiger partial charge is 0.471 e. The van der Waals surface area contributed by atoms with E-state index in [0.717, 1.165) is 32.2 Å². The molecule has 0 bridgehead atoms. The summed E-state index contributed by atoms with van der Waals surface area (Å²) in [6, 6.07) is 3.57. The Morgan fingerprint density at radius 2 is 1.96 bits per heavy atom. The standard InChI is InChI=1S/C17H24N4O3/c1-13(22)20-10-6-14(7-11-20)17(23)21-9-3-4-15(12-21)24-16-5-2-8-18-19-16/h2,5,8,14-15H,3-4,6-7,9-12H2,1H3/t15-/m1/s1. The second-order valence-corrected chi connectivity index (χ2v) is 6.51. The smallest absolute Gasteiger partial charge is 0.233 e. The van der Waals surface area contributed by atoms with Gasteiger partial charge in [0.25, 0.3) is 0 Å². The van der Waals surface area contributed by atoms with E-state index < -0.39 is 0 Å². The molecule has 2 fully saturated rings. The molecule has 0 aromatic carbocycles. The molecule has 0 aliphatic carbocycles. The number of carbonyl (C=O) groups excluding carboxylic acids is 2. The number of rotatable bonds is 3. The summed E-state index contributed by atoms with van der Waals surface area (Å²) in [5.41, 5.74) is 0. The predicted molar refractivity (Wildman–Crippen MR) is 87.2 cm³/mol. The van der Waals surface area contributed by atoms with Crippen LogP contribution in [0.5, 0.6) is 5.88 Å². The van der Waals surface area contributed by atoms with Crippen LogP contribution in [0.15, 0.2) is 18.3 Å². The lowest BCUT2D eigenvalue weighted by Crippen LogP contribution is -2.49. The number of piperidine rings is 2. The maximum atomic E-state index is 12.8. The van der Waals surface area contributed by atoms with Gasteiger partial charge in [-0.3, -0.25) is 9.59 Å². The highest BCUT2D eigenvalue weighted by molar-refractivity contribution is 5.80. The minimum Gasteiger partial charge on any atom is -0.471 e. The number of carbonyl (C=O) groups is 2. The SMILES string of the molecule is CC(=O)N1CCC(C(=O)N2CCC[C@@H](Oc3cccnn3)C2)CC1. The van der Waals surface area contributed by atoms with Crippen molar-refractivity contribution in [3.63, 3.8) is 0 Å². The highest BCUT2D eigenvalue weighted by Crippen LogP contribution is 2.23. The molecule has 1 aromatic rings. The van der Waals surface area contributed by atoms with Crippen LogP contribution in [0.4, 0.5) is 0 Å². The van der Waals surface area contributed by atoms with Gasteiger partial charge in [-0.25, -0.2) is 0 Å². The van der Waals surface area contributed by atoms with E-state index in [9.17, 15) is 9.59 Å².